The van der Waals surface area contributed by atoms with E-state index in [0.717, 1.165) is 4.88 Å². The van der Waals surface area contributed by atoms with Crippen molar-refractivity contribution in [2.24, 2.45) is 0 Å². The maximum Gasteiger partial charge on any atom is 0.225 e. The van der Waals surface area contributed by atoms with Gasteiger partial charge in [0, 0.05) is 6.07 Å². The molecule has 4 nitrogen and oxygen atoms in total. The molecule has 2 rings (SSSR count). The fourth-order valence-electron chi connectivity index (χ4n) is 1.06. The highest BCUT2D eigenvalue weighted by atomic mass is 32.1. The first-order chi connectivity index (χ1) is 5.79. The summed E-state index contributed by atoms with van der Waals surface area (Å²) in [5, 5.41) is 2.77. The van der Waals surface area contributed by atoms with Crippen molar-refractivity contribution in [1.29, 1.82) is 0 Å². The van der Waals surface area contributed by atoms with Crippen molar-refractivity contribution < 1.29 is 9.53 Å². The van der Waals surface area contributed by atoms with Gasteiger partial charge in [0.1, 0.15) is 0 Å². The first-order valence-corrected chi connectivity index (χ1v) is 4.37. The first kappa shape index (κ1) is 7.54. The number of aromatic nitrogens is 1. The van der Waals surface area contributed by atoms with Crippen LogP contribution >= 0.6 is 11.5 Å². The van der Waals surface area contributed by atoms with Gasteiger partial charge in [-0.1, -0.05) is 0 Å². The highest BCUT2D eigenvalue weighted by molar-refractivity contribution is 7.06. The number of methoxy groups -OCH3 is 1. The summed E-state index contributed by atoms with van der Waals surface area (Å²) in [5.41, 5.74) is 0. The predicted molar refractivity (Wildman–Crippen MR) is 44.2 cm³/mol. The Kier molecular flexibility index (Phi) is 1.73. The number of hydrogen-bond acceptors (Lipinski definition) is 4. The fourth-order valence-corrected chi connectivity index (χ4v) is 1.81. The van der Waals surface area contributed by atoms with Gasteiger partial charge in [-0.05, 0) is 11.5 Å². The highest BCUT2D eigenvalue weighted by Crippen LogP contribution is 2.29. The molecule has 0 radical (unpaired) electrons. The van der Waals surface area contributed by atoms with Gasteiger partial charge in [-0.3, -0.25) is 4.79 Å². The van der Waals surface area contributed by atoms with E-state index in [9.17, 15) is 4.79 Å². The quantitative estimate of drug-likeness (QED) is 0.689. The van der Waals surface area contributed by atoms with Crippen molar-refractivity contribution in [3.63, 3.8) is 0 Å². The number of hydrogen-bond donors (Lipinski definition) is 1. The lowest BCUT2D eigenvalue weighted by Gasteiger charge is -2.24. The van der Waals surface area contributed by atoms with Crippen LogP contribution in [-0.4, -0.2) is 17.4 Å². The van der Waals surface area contributed by atoms with Crippen molar-refractivity contribution in [2.45, 2.75) is 12.5 Å². The third-order valence-corrected chi connectivity index (χ3v) is 2.67. The van der Waals surface area contributed by atoms with E-state index in [4.69, 9.17) is 4.74 Å². The van der Waals surface area contributed by atoms with Crippen LogP contribution in [0.25, 0.3) is 0 Å². The number of carbonyl (C=O) groups is 1. The minimum absolute atomic E-state index is 0.104. The summed E-state index contributed by atoms with van der Waals surface area (Å²) in [5.74, 6) is 0.725. The molecule has 1 amide bonds. The van der Waals surface area contributed by atoms with E-state index in [0.29, 0.717) is 12.3 Å². The van der Waals surface area contributed by atoms with E-state index in [1.165, 1.54) is 11.5 Å². The summed E-state index contributed by atoms with van der Waals surface area (Å²) in [4.78, 5) is 11.7. The maximum absolute atomic E-state index is 10.6. The molecule has 2 heterocycles. The molecule has 12 heavy (non-hydrogen) atoms. The summed E-state index contributed by atoms with van der Waals surface area (Å²) in [7, 11) is 1.58. The van der Waals surface area contributed by atoms with Crippen LogP contribution < -0.4 is 10.1 Å². The summed E-state index contributed by atoms with van der Waals surface area (Å²) >= 11 is 1.37. The van der Waals surface area contributed by atoms with Gasteiger partial charge in [-0.25, -0.2) is 0 Å². The van der Waals surface area contributed by atoms with E-state index >= 15 is 0 Å². The van der Waals surface area contributed by atoms with Gasteiger partial charge in [0.05, 0.1) is 24.4 Å². The zero-order chi connectivity index (χ0) is 8.55. The number of amides is 1. The molecule has 1 N–H and O–H groups in total. The second-order valence-electron chi connectivity index (χ2n) is 2.60. The van der Waals surface area contributed by atoms with Crippen LogP contribution in [0.15, 0.2) is 6.07 Å². The molecule has 0 aromatic carbocycles. The molecule has 1 atom stereocenters. The Balaban J connectivity index is 2.08. The lowest BCUT2D eigenvalue weighted by atomic mass is 10.1. The van der Waals surface area contributed by atoms with Crippen LogP contribution in [0.2, 0.25) is 0 Å². The molecule has 1 aliphatic rings. The molecule has 0 saturated carbocycles. The molecule has 1 aliphatic heterocycles. The third kappa shape index (κ3) is 1.16. The number of rotatable bonds is 2. The Bertz CT molecular complexity index is 302. The van der Waals surface area contributed by atoms with Crippen molar-refractivity contribution in [3.8, 4) is 5.88 Å². The summed E-state index contributed by atoms with van der Waals surface area (Å²) in [6.45, 7) is 0. The van der Waals surface area contributed by atoms with Crippen molar-refractivity contribution in [2.75, 3.05) is 7.11 Å². The summed E-state index contributed by atoms with van der Waals surface area (Å²) in [6.07, 6.45) is 0.575. The number of nitrogens with one attached hydrogen (secondary N) is 1. The normalized spacial score (nSPS) is 21.4. The molecule has 64 valence electrons. The maximum atomic E-state index is 10.6. The van der Waals surface area contributed by atoms with Gasteiger partial charge < -0.3 is 10.1 Å². The summed E-state index contributed by atoms with van der Waals surface area (Å²) < 4.78 is 8.96. The second-order valence-corrected chi connectivity index (χ2v) is 3.43. The van der Waals surface area contributed by atoms with Crippen molar-refractivity contribution in [3.05, 3.63) is 10.9 Å². The van der Waals surface area contributed by atoms with Gasteiger partial charge in [-0.15, -0.1) is 0 Å². The first-order valence-electron chi connectivity index (χ1n) is 3.59. The van der Waals surface area contributed by atoms with Crippen LogP contribution in [0.5, 0.6) is 5.88 Å². The molecule has 0 spiro atoms. The van der Waals surface area contributed by atoms with Gasteiger partial charge in [0.15, 0.2) is 0 Å². The second kappa shape index (κ2) is 2.75. The van der Waals surface area contributed by atoms with Crippen LogP contribution in [-0.2, 0) is 4.79 Å². The Morgan fingerprint density at radius 3 is 3.08 bits per heavy atom. The minimum Gasteiger partial charge on any atom is -0.480 e. The average Bonchev–Trinajstić information content (AvgIpc) is 2.46. The SMILES string of the molecule is COc1cc(C2CC(=O)N2)sn1. The topological polar surface area (TPSA) is 51.2 Å². The van der Waals surface area contributed by atoms with Gasteiger partial charge in [0.25, 0.3) is 0 Å². The van der Waals surface area contributed by atoms with Crippen LogP contribution in [0, 0.1) is 0 Å². The minimum atomic E-state index is 0.104. The third-order valence-electron chi connectivity index (χ3n) is 1.78. The van der Waals surface area contributed by atoms with Crippen molar-refractivity contribution >= 4 is 17.4 Å². The van der Waals surface area contributed by atoms with Gasteiger partial charge in [-0.2, -0.15) is 4.37 Å². The highest BCUT2D eigenvalue weighted by Gasteiger charge is 2.28. The van der Waals surface area contributed by atoms with E-state index < -0.39 is 0 Å². The molecular weight excluding hydrogens is 176 g/mol. The van der Waals surface area contributed by atoms with Crippen molar-refractivity contribution in [1.82, 2.24) is 9.69 Å². The standard InChI is InChI=1S/C7H8N2O2S/c1-11-7-3-5(12-9-7)4-2-6(10)8-4/h3-4H,2H2,1H3,(H,8,10). The lowest BCUT2D eigenvalue weighted by Crippen LogP contribution is -2.40. The van der Waals surface area contributed by atoms with Crippen LogP contribution in [0.1, 0.15) is 17.3 Å². The van der Waals surface area contributed by atoms with E-state index in [1.54, 1.807) is 7.11 Å². The lowest BCUT2D eigenvalue weighted by molar-refractivity contribution is -0.128. The van der Waals surface area contributed by atoms with E-state index in [1.807, 2.05) is 6.07 Å². The van der Waals surface area contributed by atoms with Crippen LogP contribution in [0.4, 0.5) is 0 Å². The molecule has 5 heteroatoms. The number of nitrogens with zero attached hydrogens (tertiary/aromatic N) is 1. The molecule has 1 saturated heterocycles. The van der Waals surface area contributed by atoms with Crippen LogP contribution in [0.3, 0.4) is 0 Å². The average molecular weight is 184 g/mol. The molecule has 1 aromatic rings. The van der Waals surface area contributed by atoms with Gasteiger partial charge in [0.2, 0.25) is 11.8 Å². The van der Waals surface area contributed by atoms with E-state index in [2.05, 4.69) is 9.69 Å². The smallest absolute Gasteiger partial charge is 0.225 e. The van der Waals surface area contributed by atoms with E-state index in [-0.39, 0.29) is 11.9 Å². The Hall–Kier alpha value is -1.10. The molecule has 1 aromatic heterocycles. The molecule has 0 aliphatic carbocycles. The molecule has 1 unspecified atom stereocenters. The number of carbonyl (C=O) groups excluding carboxylic acids is 1. The Morgan fingerprint density at radius 1 is 1.83 bits per heavy atom. The molecular formula is C7H8N2O2S. The number of ether oxygens (including phenoxy) is 1. The zero-order valence-electron chi connectivity index (χ0n) is 6.53. The molecule has 0 bridgehead atoms. The number of β-lactam (4-membered cyclic amide) rings is 1. The Morgan fingerprint density at radius 2 is 2.58 bits per heavy atom. The molecule has 1 fully saturated rings. The summed E-state index contributed by atoms with van der Waals surface area (Å²) in [6, 6.07) is 2.02. The Labute approximate surface area is 73.7 Å². The predicted octanol–water partition coefficient (Wildman–Crippen LogP) is 0.713. The largest absolute Gasteiger partial charge is 0.480 e. The monoisotopic (exact) mass is 184 g/mol. The van der Waals surface area contributed by atoms with Gasteiger partial charge >= 0.3 is 0 Å². The fraction of sp³-hybridized carbons (Fsp3) is 0.429. The zero-order valence-corrected chi connectivity index (χ0v) is 7.35.